The molecule has 0 bridgehead atoms. The quantitative estimate of drug-likeness (QED) is 0.477. The molecule has 0 N–H and O–H groups in total. The van der Waals surface area contributed by atoms with Gasteiger partial charge in [0.25, 0.3) is 0 Å². The lowest BCUT2D eigenvalue weighted by molar-refractivity contribution is 0.825. The van der Waals surface area contributed by atoms with Crippen molar-refractivity contribution in [2.75, 3.05) is 30.4 Å². The van der Waals surface area contributed by atoms with E-state index in [4.69, 9.17) is 0 Å². The van der Waals surface area contributed by atoms with Crippen LogP contribution in [0.2, 0.25) is 0 Å². The molecule has 1 aromatic heterocycles. The maximum absolute atomic E-state index is 4.37. The molecule has 0 spiro atoms. The highest BCUT2D eigenvalue weighted by Gasteiger charge is 2.24. The van der Waals surface area contributed by atoms with Crippen molar-refractivity contribution in [1.82, 2.24) is 4.98 Å². The third-order valence-corrected chi connectivity index (χ3v) is 5.43. The number of nitrogens with zero attached hydrogens (tertiary/aromatic N) is 3. The summed E-state index contributed by atoms with van der Waals surface area (Å²) in [5, 5.41) is 2.69. The lowest BCUT2D eigenvalue weighted by atomic mass is 9.87. The van der Waals surface area contributed by atoms with Crippen LogP contribution in [0.25, 0.3) is 10.8 Å². The molecule has 1 heterocycles. The Morgan fingerprint density at radius 1 is 0.929 bits per heavy atom. The summed E-state index contributed by atoms with van der Waals surface area (Å²) in [5.41, 5.74) is 6.56. The molecule has 0 atom stereocenters. The predicted molar refractivity (Wildman–Crippen MR) is 123 cm³/mol. The Labute approximate surface area is 170 Å². The van der Waals surface area contributed by atoms with Crippen LogP contribution in [0, 0.1) is 0 Å². The number of fused-ring (bicyclic) bond motifs is 1. The third-order valence-electron chi connectivity index (χ3n) is 5.43. The van der Waals surface area contributed by atoms with Crippen molar-refractivity contribution in [3.63, 3.8) is 0 Å². The second kappa shape index (κ2) is 8.22. The van der Waals surface area contributed by atoms with Crippen molar-refractivity contribution in [2.24, 2.45) is 0 Å². The maximum Gasteiger partial charge on any atom is 0.0788 e. The first kappa shape index (κ1) is 20.2. The fourth-order valence-electron chi connectivity index (χ4n) is 4.11. The molecule has 148 valence electrons. The zero-order valence-electron chi connectivity index (χ0n) is 18.3. The highest BCUT2D eigenvalue weighted by atomic mass is 15.2. The van der Waals surface area contributed by atoms with E-state index in [0.29, 0.717) is 11.8 Å². The highest BCUT2D eigenvalue weighted by Crippen LogP contribution is 2.44. The number of pyridine rings is 1. The zero-order valence-corrected chi connectivity index (χ0v) is 18.3. The fraction of sp³-hybridized carbons (Fsp3) is 0.400. The van der Waals surface area contributed by atoms with Gasteiger partial charge in [-0.3, -0.25) is 4.98 Å². The Kier molecular flexibility index (Phi) is 5.93. The first-order chi connectivity index (χ1) is 13.4. The van der Waals surface area contributed by atoms with Crippen LogP contribution in [0.3, 0.4) is 0 Å². The van der Waals surface area contributed by atoms with E-state index in [1.165, 1.54) is 33.3 Å². The Hall–Kier alpha value is -2.55. The van der Waals surface area contributed by atoms with E-state index in [1.807, 2.05) is 12.4 Å². The van der Waals surface area contributed by atoms with Crippen LogP contribution in [0.15, 0.2) is 48.8 Å². The van der Waals surface area contributed by atoms with E-state index >= 15 is 0 Å². The van der Waals surface area contributed by atoms with Crippen molar-refractivity contribution in [1.29, 1.82) is 0 Å². The molecule has 0 unspecified atom stereocenters. The second-order valence-corrected chi connectivity index (χ2v) is 8.26. The molecule has 2 aromatic carbocycles. The first-order valence-corrected chi connectivity index (χ1v) is 10.3. The van der Waals surface area contributed by atoms with E-state index in [1.54, 1.807) is 0 Å². The van der Waals surface area contributed by atoms with Gasteiger partial charge in [-0.1, -0.05) is 52.0 Å². The van der Waals surface area contributed by atoms with Gasteiger partial charge in [-0.05, 0) is 52.8 Å². The minimum absolute atomic E-state index is 0.428. The Morgan fingerprint density at radius 3 is 2.25 bits per heavy atom. The lowest BCUT2D eigenvalue weighted by Crippen LogP contribution is -2.23. The zero-order chi connectivity index (χ0) is 20.4. The SMILES string of the molecule is CCN(c1ccncc1N(C)C)c1c(C(C)C)cc2ccccc2c1C(C)C. The van der Waals surface area contributed by atoms with Crippen LogP contribution in [-0.2, 0) is 0 Å². The highest BCUT2D eigenvalue weighted by molar-refractivity contribution is 5.95. The summed E-state index contributed by atoms with van der Waals surface area (Å²) in [6.07, 6.45) is 3.86. The molecule has 0 amide bonds. The molecule has 3 nitrogen and oxygen atoms in total. The minimum atomic E-state index is 0.428. The van der Waals surface area contributed by atoms with E-state index in [0.717, 1.165) is 12.2 Å². The Bertz CT molecular complexity index is 957. The Balaban J connectivity index is 2.40. The Morgan fingerprint density at radius 2 is 1.64 bits per heavy atom. The third kappa shape index (κ3) is 3.58. The van der Waals surface area contributed by atoms with Crippen LogP contribution >= 0.6 is 0 Å². The van der Waals surface area contributed by atoms with E-state index < -0.39 is 0 Å². The van der Waals surface area contributed by atoms with Gasteiger partial charge >= 0.3 is 0 Å². The number of anilines is 3. The van der Waals surface area contributed by atoms with Gasteiger partial charge in [-0.15, -0.1) is 0 Å². The normalized spacial score (nSPS) is 11.5. The van der Waals surface area contributed by atoms with Crippen molar-refractivity contribution in [3.8, 4) is 0 Å². The smallest absolute Gasteiger partial charge is 0.0788 e. The maximum atomic E-state index is 4.37. The standard InChI is InChI=1S/C25H33N3/c1-8-28(22-13-14-26-16-23(22)27(6)7)25-21(17(2)3)15-19-11-9-10-12-20(19)24(25)18(4)5/h9-18H,8H2,1-7H3. The van der Waals surface area contributed by atoms with Gasteiger partial charge in [-0.2, -0.15) is 0 Å². The summed E-state index contributed by atoms with van der Waals surface area (Å²) in [6.45, 7) is 12.4. The number of hydrogen-bond donors (Lipinski definition) is 0. The average molecular weight is 376 g/mol. The van der Waals surface area contributed by atoms with Gasteiger partial charge in [0.05, 0.1) is 17.6 Å². The van der Waals surface area contributed by atoms with Gasteiger partial charge in [0.15, 0.2) is 0 Å². The van der Waals surface area contributed by atoms with Crippen LogP contribution in [0.1, 0.15) is 57.6 Å². The minimum Gasteiger partial charge on any atom is -0.375 e. The molecule has 3 aromatic rings. The monoisotopic (exact) mass is 375 g/mol. The molecular formula is C25H33N3. The summed E-state index contributed by atoms with van der Waals surface area (Å²) >= 11 is 0. The van der Waals surface area contributed by atoms with Gasteiger partial charge in [-0.25, -0.2) is 0 Å². The molecule has 0 aliphatic heterocycles. The van der Waals surface area contributed by atoms with Gasteiger partial charge in [0, 0.05) is 32.5 Å². The predicted octanol–water partition coefficient (Wildman–Crippen LogP) is 6.71. The largest absolute Gasteiger partial charge is 0.375 e. The van der Waals surface area contributed by atoms with Crippen LogP contribution in [0.4, 0.5) is 17.1 Å². The van der Waals surface area contributed by atoms with Gasteiger partial charge in [0.1, 0.15) is 0 Å². The summed E-state index contributed by atoms with van der Waals surface area (Å²) in [4.78, 5) is 9.00. The summed E-state index contributed by atoms with van der Waals surface area (Å²) in [6, 6.07) is 13.3. The molecule has 0 saturated heterocycles. The summed E-state index contributed by atoms with van der Waals surface area (Å²) < 4.78 is 0. The van der Waals surface area contributed by atoms with Crippen LogP contribution in [0.5, 0.6) is 0 Å². The van der Waals surface area contributed by atoms with Gasteiger partial charge in [0.2, 0.25) is 0 Å². The number of hydrogen-bond acceptors (Lipinski definition) is 3. The number of benzene rings is 2. The fourth-order valence-corrected chi connectivity index (χ4v) is 4.11. The van der Waals surface area contributed by atoms with Crippen molar-refractivity contribution in [2.45, 2.75) is 46.5 Å². The van der Waals surface area contributed by atoms with Crippen molar-refractivity contribution in [3.05, 3.63) is 59.9 Å². The molecule has 28 heavy (non-hydrogen) atoms. The summed E-state index contributed by atoms with van der Waals surface area (Å²) in [7, 11) is 4.17. The number of rotatable bonds is 6. The van der Waals surface area contributed by atoms with Crippen LogP contribution in [-0.4, -0.2) is 25.6 Å². The molecule has 0 aliphatic carbocycles. The lowest BCUT2D eigenvalue weighted by Gasteiger charge is -2.34. The van der Waals surface area contributed by atoms with E-state index in [9.17, 15) is 0 Å². The van der Waals surface area contributed by atoms with E-state index in [-0.39, 0.29) is 0 Å². The van der Waals surface area contributed by atoms with Crippen molar-refractivity contribution < 1.29 is 0 Å². The first-order valence-electron chi connectivity index (χ1n) is 10.3. The van der Waals surface area contributed by atoms with E-state index in [2.05, 4.69) is 99.9 Å². The average Bonchev–Trinajstić information content (AvgIpc) is 2.67. The molecule has 3 heteroatoms. The molecule has 3 rings (SSSR count). The molecular weight excluding hydrogens is 342 g/mol. The molecule has 0 fully saturated rings. The summed E-state index contributed by atoms with van der Waals surface area (Å²) in [5.74, 6) is 0.869. The van der Waals surface area contributed by atoms with Gasteiger partial charge < -0.3 is 9.80 Å². The van der Waals surface area contributed by atoms with Crippen molar-refractivity contribution >= 4 is 27.8 Å². The number of aromatic nitrogens is 1. The second-order valence-electron chi connectivity index (χ2n) is 8.26. The van der Waals surface area contributed by atoms with Crippen LogP contribution < -0.4 is 9.80 Å². The molecule has 0 saturated carbocycles. The topological polar surface area (TPSA) is 19.4 Å². The molecule has 0 aliphatic rings. The molecule has 0 radical (unpaired) electrons.